The number of fused-ring (bicyclic) bond motifs is 2. The third-order valence-corrected chi connectivity index (χ3v) is 4.61. The van der Waals surface area contributed by atoms with Crippen molar-refractivity contribution in [2.45, 2.75) is 52.0 Å². The molecule has 0 spiro atoms. The number of benzene rings is 1. The highest BCUT2D eigenvalue weighted by molar-refractivity contribution is 5.81. The van der Waals surface area contributed by atoms with Crippen LogP contribution in [0.3, 0.4) is 0 Å². The third kappa shape index (κ3) is 2.62. The van der Waals surface area contributed by atoms with E-state index in [1.165, 1.54) is 56.1 Å². The normalized spacial score (nSPS) is 18.6. The Hall–Kier alpha value is -1.28. The molecule has 0 fully saturated rings. The molecule has 1 aliphatic rings. The molecule has 1 aromatic carbocycles. The highest BCUT2D eigenvalue weighted by Gasteiger charge is 2.23. The number of nitrogens with one attached hydrogen (secondary N) is 1. The molecule has 0 radical (unpaired) electrons. The molecule has 1 N–H and O–H groups in total. The van der Waals surface area contributed by atoms with E-state index in [0.717, 1.165) is 6.04 Å². The summed E-state index contributed by atoms with van der Waals surface area (Å²) in [6.07, 6.45) is 8.37. The molecular formula is C18H26N2. The second-order valence-corrected chi connectivity index (χ2v) is 6.12. The van der Waals surface area contributed by atoms with Crippen molar-refractivity contribution in [1.29, 1.82) is 0 Å². The highest BCUT2D eigenvalue weighted by Crippen LogP contribution is 2.28. The van der Waals surface area contributed by atoms with Crippen LogP contribution in [0.15, 0.2) is 24.4 Å². The summed E-state index contributed by atoms with van der Waals surface area (Å²) >= 11 is 0. The van der Waals surface area contributed by atoms with Crippen LogP contribution in [0, 0.1) is 0 Å². The first-order chi connectivity index (χ1) is 9.81. The number of aromatic amines is 1. The van der Waals surface area contributed by atoms with Crippen LogP contribution in [-0.2, 0) is 12.8 Å². The standard InChI is InChI=1S/C18H26N2/c1-3-9-20(10-4-2)17-6-5-14-11-15-7-8-19-18(15)13-16(14)12-17/h7-8,11,13,17,19H,3-6,9-10,12H2,1-2H3/t17-/m1/s1. The van der Waals surface area contributed by atoms with E-state index < -0.39 is 0 Å². The zero-order chi connectivity index (χ0) is 13.9. The SMILES string of the molecule is CCCN(CCC)[C@@H]1CCc2cc3cc[nH]c3cc2C1. The van der Waals surface area contributed by atoms with E-state index in [0.29, 0.717) is 0 Å². The van der Waals surface area contributed by atoms with Crippen LogP contribution in [0.1, 0.15) is 44.2 Å². The molecule has 20 heavy (non-hydrogen) atoms. The van der Waals surface area contributed by atoms with E-state index in [1.807, 2.05) is 6.20 Å². The molecule has 2 aromatic rings. The van der Waals surface area contributed by atoms with Crippen molar-refractivity contribution >= 4 is 10.9 Å². The fraction of sp³-hybridized carbons (Fsp3) is 0.556. The van der Waals surface area contributed by atoms with Gasteiger partial charge in [-0.05, 0) is 79.9 Å². The second kappa shape index (κ2) is 6.01. The zero-order valence-electron chi connectivity index (χ0n) is 12.8. The minimum absolute atomic E-state index is 0.745. The highest BCUT2D eigenvalue weighted by atomic mass is 15.1. The fourth-order valence-electron chi connectivity index (χ4n) is 3.66. The van der Waals surface area contributed by atoms with Gasteiger partial charge in [0.05, 0.1) is 0 Å². The number of aromatic nitrogens is 1. The lowest BCUT2D eigenvalue weighted by molar-refractivity contribution is 0.180. The monoisotopic (exact) mass is 270 g/mol. The topological polar surface area (TPSA) is 19.0 Å². The predicted octanol–water partition coefficient (Wildman–Crippen LogP) is 4.15. The van der Waals surface area contributed by atoms with Crippen LogP contribution in [0.25, 0.3) is 10.9 Å². The van der Waals surface area contributed by atoms with Gasteiger partial charge in [-0.25, -0.2) is 0 Å². The largest absolute Gasteiger partial charge is 0.361 e. The Morgan fingerprint density at radius 2 is 1.95 bits per heavy atom. The Morgan fingerprint density at radius 3 is 2.70 bits per heavy atom. The number of H-pyrrole nitrogens is 1. The number of nitrogens with zero attached hydrogens (tertiary/aromatic N) is 1. The lowest BCUT2D eigenvalue weighted by Gasteiger charge is -2.35. The maximum Gasteiger partial charge on any atom is 0.0456 e. The molecule has 3 rings (SSSR count). The number of hydrogen-bond acceptors (Lipinski definition) is 1. The second-order valence-electron chi connectivity index (χ2n) is 6.12. The molecule has 2 nitrogen and oxygen atoms in total. The molecule has 1 heterocycles. The van der Waals surface area contributed by atoms with Gasteiger partial charge < -0.3 is 9.88 Å². The van der Waals surface area contributed by atoms with Crippen molar-refractivity contribution in [2.75, 3.05) is 13.1 Å². The van der Waals surface area contributed by atoms with Crippen LogP contribution in [0.4, 0.5) is 0 Å². The van der Waals surface area contributed by atoms with Crippen molar-refractivity contribution in [2.24, 2.45) is 0 Å². The summed E-state index contributed by atoms with van der Waals surface area (Å²) in [6.45, 7) is 7.08. The lowest BCUT2D eigenvalue weighted by atomic mass is 9.86. The van der Waals surface area contributed by atoms with Crippen molar-refractivity contribution in [1.82, 2.24) is 9.88 Å². The first-order valence-electron chi connectivity index (χ1n) is 8.14. The van der Waals surface area contributed by atoms with Gasteiger partial charge in [-0.1, -0.05) is 13.8 Å². The van der Waals surface area contributed by atoms with E-state index >= 15 is 0 Å². The number of rotatable bonds is 5. The fourth-order valence-corrected chi connectivity index (χ4v) is 3.66. The predicted molar refractivity (Wildman–Crippen MR) is 86.3 cm³/mol. The molecule has 1 atom stereocenters. The van der Waals surface area contributed by atoms with Gasteiger partial charge in [0.15, 0.2) is 0 Å². The molecule has 0 bridgehead atoms. The van der Waals surface area contributed by atoms with Gasteiger partial charge in [-0.2, -0.15) is 0 Å². The van der Waals surface area contributed by atoms with Gasteiger partial charge >= 0.3 is 0 Å². The van der Waals surface area contributed by atoms with Crippen LogP contribution in [0.2, 0.25) is 0 Å². The van der Waals surface area contributed by atoms with Crippen molar-refractivity contribution in [3.8, 4) is 0 Å². The van der Waals surface area contributed by atoms with Crippen molar-refractivity contribution in [3.63, 3.8) is 0 Å². The van der Waals surface area contributed by atoms with Gasteiger partial charge in [0.1, 0.15) is 0 Å². The smallest absolute Gasteiger partial charge is 0.0456 e. The minimum Gasteiger partial charge on any atom is -0.361 e. The molecule has 2 heteroatoms. The first-order valence-corrected chi connectivity index (χ1v) is 8.14. The van der Waals surface area contributed by atoms with Crippen LogP contribution in [-0.4, -0.2) is 29.0 Å². The number of hydrogen-bond donors (Lipinski definition) is 1. The van der Waals surface area contributed by atoms with E-state index in [2.05, 4.69) is 41.9 Å². The lowest BCUT2D eigenvalue weighted by Crippen LogP contribution is -2.40. The number of aryl methyl sites for hydroxylation is 1. The molecule has 0 saturated heterocycles. The molecule has 1 aliphatic carbocycles. The summed E-state index contributed by atoms with van der Waals surface area (Å²) < 4.78 is 0. The Kier molecular flexibility index (Phi) is 4.11. The molecule has 0 amide bonds. The Balaban J connectivity index is 1.82. The average Bonchev–Trinajstić information content (AvgIpc) is 2.91. The van der Waals surface area contributed by atoms with Crippen molar-refractivity contribution < 1.29 is 0 Å². The summed E-state index contributed by atoms with van der Waals surface area (Å²) in [7, 11) is 0. The Labute approximate surface area is 122 Å². The van der Waals surface area contributed by atoms with Crippen LogP contribution < -0.4 is 0 Å². The van der Waals surface area contributed by atoms with Crippen LogP contribution in [0.5, 0.6) is 0 Å². The van der Waals surface area contributed by atoms with Crippen LogP contribution >= 0.6 is 0 Å². The minimum atomic E-state index is 0.745. The Morgan fingerprint density at radius 1 is 1.15 bits per heavy atom. The Bertz CT molecular complexity index is 564. The molecule has 108 valence electrons. The quantitative estimate of drug-likeness (QED) is 0.865. The van der Waals surface area contributed by atoms with Crippen molar-refractivity contribution in [3.05, 3.63) is 35.5 Å². The molecule has 0 unspecified atom stereocenters. The van der Waals surface area contributed by atoms with Gasteiger partial charge in [0, 0.05) is 17.8 Å². The molecule has 1 aromatic heterocycles. The van der Waals surface area contributed by atoms with E-state index in [4.69, 9.17) is 0 Å². The molecule has 0 aliphatic heterocycles. The summed E-state index contributed by atoms with van der Waals surface area (Å²) in [4.78, 5) is 6.06. The van der Waals surface area contributed by atoms with Gasteiger partial charge in [0.2, 0.25) is 0 Å². The van der Waals surface area contributed by atoms with Gasteiger partial charge in [-0.15, -0.1) is 0 Å². The summed E-state index contributed by atoms with van der Waals surface area (Å²) in [5.41, 5.74) is 4.43. The zero-order valence-corrected chi connectivity index (χ0v) is 12.8. The maximum absolute atomic E-state index is 3.35. The summed E-state index contributed by atoms with van der Waals surface area (Å²) in [5, 5.41) is 1.36. The van der Waals surface area contributed by atoms with E-state index in [-0.39, 0.29) is 0 Å². The average molecular weight is 270 g/mol. The maximum atomic E-state index is 3.35. The third-order valence-electron chi connectivity index (χ3n) is 4.61. The molecular weight excluding hydrogens is 244 g/mol. The van der Waals surface area contributed by atoms with E-state index in [9.17, 15) is 0 Å². The summed E-state index contributed by atoms with van der Waals surface area (Å²) in [6, 6.07) is 7.70. The van der Waals surface area contributed by atoms with Gasteiger partial charge in [0.25, 0.3) is 0 Å². The first kappa shape index (κ1) is 13.7. The van der Waals surface area contributed by atoms with E-state index in [1.54, 1.807) is 11.1 Å². The molecule has 0 saturated carbocycles. The summed E-state index contributed by atoms with van der Waals surface area (Å²) in [5.74, 6) is 0. The van der Waals surface area contributed by atoms with Gasteiger partial charge in [-0.3, -0.25) is 0 Å².